The summed E-state index contributed by atoms with van der Waals surface area (Å²) in [6, 6.07) is 0. The highest BCUT2D eigenvalue weighted by Crippen LogP contribution is 2.00. The summed E-state index contributed by atoms with van der Waals surface area (Å²) in [5, 5.41) is 8.52. The SMILES string of the molecule is C#CCN(CC(=O)O)C(=O)CCSC. The molecule has 0 aromatic carbocycles. The molecule has 0 radical (unpaired) electrons. The fourth-order valence-corrected chi connectivity index (χ4v) is 1.23. The highest BCUT2D eigenvalue weighted by Gasteiger charge is 2.14. The first kappa shape index (κ1) is 12.8. The molecule has 0 saturated heterocycles. The van der Waals surface area contributed by atoms with E-state index < -0.39 is 5.97 Å². The molecule has 0 aliphatic carbocycles. The van der Waals surface area contributed by atoms with Gasteiger partial charge in [-0.15, -0.1) is 6.42 Å². The van der Waals surface area contributed by atoms with Gasteiger partial charge in [0.25, 0.3) is 0 Å². The van der Waals surface area contributed by atoms with E-state index in [2.05, 4.69) is 5.92 Å². The number of rotatable bonds is 6. The lowest BCUT2D eigenvalue weighted by Crippen LogP contribution is -2.36. The molecule has 0 fully saturated rings. The summed E-state index contributed by atoms with van der Waals surface area (Å²) in [6.45, 7) is -0.267. The van der Waals surface area contributed by atoms with Crippen LogP contribution in [0.2, 0.25) is 0 Å². The Labute approximate surface area is 87.7 Å². The zero-order valence-corrected chi connectivity index (χ0v) is 8.84. The van der Waals surface area contributed by atoms with Crippen LogP contribution < -0.4 is 0 Å². The molecule has 0 atom stereocenters. The number of carboxylic acids is 1. The topological polar surface area (TPSA) is 57.6 Å². The number of nitrogens with zero attached hydrogens (tertiary/aromatic N) is 1. The Hall–Kier alpha value is -1.15. The van der Waals surface area contributed by atoms with E-state index in [9.17, 15) is 9.59 Å². The summed E-state index contributed by atoms with van der Waals surface area (Å²) in [5.74, 6) is 1.69. The molecule has 0 heterocycles. The lowest BCUT2D eigenvalue weighted by atomic mass is 10.3. The summed E-state index contributed by atoms with van der Waals surface area (Å²) < 4.78 is 0. The Balaban J connectivity index is 4.12. The maximum Gasteiger partial charge on any atom is 0.323 e. The van der Waals surface area contributed by atoms with Gasteiger partial charge in [-0.05, 0) is 6.26 Å². The van der Waals surface area contributed by atoms with Crippen LogP contribution in [0, 0.1) is 12.3 Å². The molecule has 0 spiro atoms. The number of carbonyl (C=O) groups is 2. The molecule has 0 aliphatic heterocycles. The van der Waals surface area contributed by atoms with Crippen LogP contribution in [0.5, 0.6) is 0 Å². The molecule has 78 valence electrons. The van der Waals surface area contributed by atoms with E-state index in [-0.39, 0.29) is 19.0 Å². The third kappa shape index (κ3) is 5.49. The molecule has 0 unspecified atom stereocenters. The van der Waals surface area contributed by atoms with Gasteiger partial charge in [-0.1, -0.05) is 5.92 Å². The van der Waals surface area contributed by atoms with Gasteiger partial charge in [-0.3, -0.25) is 9.59 Å². The van der Waals surface area contributed by atoms with Gasteiger partial charge in [0.05, 0.1) is 6.54 Å². The molecule has 0 saturated carbocycles. The second-order valence-corrected chi connectivity index (χ2v) is 3.58. The number of hydrogen-bond donors (Lipinski definition) is 1. The smallest absolute Gasteiger partial charge is 0.323 e. The van der Waals surface area contributed by atoms with Gasteiger partial charge in [0.1, 0.15) is 6.54 Å². The Morgan fingerprint density at radius 2 is 2.21 bits per heavy atom. The first-order chi connectivity index (χ1) is 6.61. The number of hydrogen-bond acceptors (Lipinski definition) is 3. The van der Waals surface area contributed by atoms with Crippen molar-refractivity contribution in [3.8, 4) is 12.3 Å². The lowest BCUT2D eigenvalue weighted by molar-refractivity contribution is -0.143. The van der Waals surface area contributed by atoms with Crippen molar-refractivity contribution < 1.29 is 14.7 Å². The van der Waals surface area contributed by atoms with Crippen molar-refractivity contribution in [2.24, 2.45) is 0 Å². The highest BCUT2D eigenvalue weighted by atomic mass is 32.2. The van der Waals surface area contributed by atoms with Gasteiger partial charge < -0.3 is 10.0 Å². The van der Waals surface area contributed by atoms with Crippen molar-refractivity contribution in [1.82, 2.24) is 4.90 Å². The summed E-state index contributed by atoms with van der Waals surface area (Å²) in [4.78, 5) is 22.9. The fraction of sp³-hybridized carbons (Fsp3) is 0.556. The van der Waals surface area contributed by atoms with Crippen LogP contribution in [-0.4, -0.2) is 47.0 Å². The van der Waals surface area contributed by atoms with E-state index in [1.807, 2.05) is 6.26 Å². The van der Waals surface area contributed by atoms with Gasteiger partial charge >= 0.3 is 5.97 Å². The van der Waals surface area contributed by atoms with Crippen molar-refractivity contribution in [2.45, 2.75) is 6.42 Å². The van der Waals surface area contributed by atoms with Gasteiger partial charge in [0.15, 0.2) is 0 Å². The van der Waals surface area contributed by atoms with Crippen LogP contribution in [0.4, 0.5) is 0 Å². The number of thioether (sulfide) groups is 1. The van der Waals surface area contributed by atoms with Crippen LogP contribution in [0.3, 0.4) is 0 Å². The molecule has 5 heteroatoms. The van der Waals surface area contributed by atoms with Crippen LogP contribution in [0.1, 0.15) is 6.42 Å². The number of aliphatic carboxylic acids is 1. The maximum atomic E-state index is 11.4. The van der Waals surface area contributed by atoms with Crippen LogP contribution in [0.25, 0.3) is 0 Å². The molecular formula is C9H13NO3S. The van der Waals surface area contributed by atoms with Crippen molar-refractivity contribution in [3.63, 3.8) is 0 Å². The van der Waals surface area contributed by atoms with Crippen LogP contribution >= 0.6 is 11.8 Å². The van der Waals surface area contributed by atoms with Crippen LogP contribution in [0.15, 0.2) is 0 Å². The zero-order chi connectivity index (χ0) is 11.0. The Bertz CT molecular complexity index is 247. The monoisotopic (exact) mass is 215 g/mol. The lowest BCUT2D eigenvalue weighted by Gasteiger charge is -2.17. The van der Waals surface area contributed by atoms with Gasteiger partial charge in [-0.25, -0.2) is 0 Å². The molecular weight excluding hydrogens is 202 g/mol. The normalized spacial score (nSPS) is 9.14. The number of carboxylic acid groups (broad SMARTS) is 1. The third-order valence-corrected chi connectivity index (χ3v) is 2.09. The van der Waals surface area contributed by atoms with E-state index in [1.165, 1.54) is 16.7 Å². The summed E-state index contributed by atoms with van der Waals surface area (Å²) >= 11 is 1.54. The zero-order valence-electron chi connectivity index (χ0n) is 8.02. The molecule has 0 rings (SSSR count). The van der Waals surface area contributed by atoms with Gasteiger partial charge in [0.2, 0.25) is 5.91 Å². The summed E-state index contributed by atoms with van der Waals surface area (Å²) in [7, 11) is 0. The molecule has 14 heavy (non-hydrogen) atoms. The Kier molecular flexibility index (Phi) is 6.68. The standard InChI is InChI=1S/C9H13NO3S/c1-3-5-10(7-9(12)13)8(11)4-6-14-2/h1H,4-7H2,2H3,(H,12,13). The summed E-state index contributed by atoms with van der Waals surface area (Å²) in [6.07, 6.45) is 7.24. The van der Waals surface area contributed by atoms with E-state index in [4.69, 9.17) is 11.5 Å². The number of carbonyl (C=O) groups excluding carboxylic acids is 1. The van der Waals surface area contributed by atoms with Crippen molar-refractivity contribution in [2.75, 3.05) is 25.1 Å². The average molecular weight is 215 g/mol. The minimum absolute atomic E-state index is 0.0551. The van der Waals surface area contributed by atoms with Crippen molar-refractivity contribution in [3.05, 3.63) is 0 Å². The highest BCUT2D eigenvalue weighted by molar-refractivity contribution is 7.98. The van der Waals surface area contributed by atoms with Gasteiger partial charge in [-0.2, -0.15) is 11.8 Å². The second-order valence-electron chi connectivity index (χ2n) is 2.59. The minimum atomic E-state index is -1.04. The molecule has 0 aromatic heterocycles. The fourth-order valence-electron chi connectivity index (χ4n) is 0.853. The molecule has 1 N–H and O–H groups in total. The predicted octanol–water partition coefficient (Wildman–Crippen LogP) is 0.286. The van der Waals surface area contributed by atoms with Crippen molar-refractivity contribution >= 4 is 23.6 Å². The largest absolute Gasteiger partial charge is 0.480 e. The first-order valence-electron chi connectivity index (χ1n) is 4.03. The predicted molar refractivity (Wildman–Crippen MR) is 56.0 cm³/mol. The van der Waals surface area contributed by atoms with Gasteiger partial charge in [0, 0.05) is 12.2 Å². The number of amides is 1. The molecule has 0 aliphatic rings. The molecule has 0 bridgehead atoms. The Morgan fingerprint density at radius 1 is 1.57 bits per heavy atom. The van der Waals surface area contributed by atoms with Crippen LogP contribution in [-0.2, 0) is 9.59 Å². The maximum absolute atomic E-state index is 11.4. The van der Waals surface area contributed by atoms with E-state index in [0.29, 0.717) is 12.2 Å². The van der Waals surface area contributed by atoms with E-state index >= 15 is 0 Å². The molecule has 4 nitrogen and oxygen atoms in total. The van der Waals surface area contributed by atoms with E-state index in [1.54, 1.807) is 0 Å². The van der Waals surface area contributed by atoms with Crippen molar-refractivity contribution in [1.29, 1.82) is 0 Å². The molecule has 1 amide bonds. The average Bonchev–Trinajstić information content (AvgIpc) is 2.13. The number of terminal acetylenes is 1. The van der Waals surface area contributed by atoms with E-state index in [0.717, 1.165) is 0 Å². The quantitative estimate of drug-likeness (QED) is 0.647. The third-order valence-electron chi connectivity index (χ3n) is 1.48. The first-order valence-corrected chi connectivity index (χ1v) is 5.43. The minimum Gasteiger partial charge on any atom is -0.480 e. The summed E-state index contributed by atoms with van der Waals surface area (Å²) in [5.41, 5.74) is 0. The second kappa shape index (κ2) is 7.27. The molecule has 0 aromatic rings. The Morgan fingerprint density at radius 3 is 2.64 bits per heavy atom.